The number of carbonyl (C=O) groups excluding carboxylic acids is 1. The van der Waals surface area contributed by atoms with Crippen LogP contribution in [0.15, 0.2) is 35.9 Å². The third kappa shape index (κ3) is 2.40. The number of carbonyl (C=O) groups is 1. The molecular weight excluding hydrogens is 458 g/mol. The molecule has 2 bridgehead atoms. The zero-order valence-corrected chi connectivity index (χ0v) is 21.4. The van der Waals surface area contributed by atoms with Crippen LogP contribution in [0.1, 0.15) is 58.2 Å². The summed E-state index contributed by atoms with van der Waals surface area (Å²) >= 11 is 0. The Labute approximate surface area is 210 Å². The Bertz CT molecular complexity index is 1330. The number of hydrogen-bond donors (Lipinski definition) is 3. The molecule has 7 atom stereocenters. The van der Waals surface area contributed by atoms with Crippen LogP contribution in [0.5, 0.6) is 0 Å². The van der Waals surface area contributed by atoms with E-state index in [-0.39, 0.29) is 24.9 Å². The lowest BCUT2D eigenvalue weighted by Crippen LogP contribution is -2.74. The van der Waals surface area contributed by atoms with Crippen molar-refractivity contribution >= 4 is 16.7 Å². The quantitative estimate of drug-likeness (QED) is 0.607. The molecule has 7 heteroatoms. The molecule has 2 aliphatic heterocycles. The summed E-state index contributed by atoms with van der Waals surface area (Å²) in [6, 6.07) is 8.39. The molecule has 2 aromatic rings. The van der Waals surface area contributed by atoms with Gasteiger partial charge in [0.25, 0.3) is 0 Å². The predicted molar refractivity (Wildman–Crippen MR) is 132 cm³/mol. The van der Waals surface area contributed by atoms with Gasteiger partial charge >= 0.3 is 0 Å². The van der Waals surface area contributed by atoms with Crippen molar-refractivity contribution in [3.8, 4) is 0 Å². The van der Waals surface area contributed by atoms with E-state index in [1.165, 1.54) is 16.6 Å². The molecule has 1 saturated heterocycles. The Morgan fingerprint density at radius 1 is 1.17 bits per heavy atom. The number of aromatic nitrogens is 1. The van der Waals surface area contributed by atoms with Crippen molar-refractivity contribution in [1.82, 2.24) is 4.98 Å². The topological polar surface area (TPSA) is 101 Å². The molecule has 3 aliphatic carbocycles. The first kappa shape index (κ1) is 23.1. The third-order valence-corrected chi connectivity index (χ3v) is 10.6. The molecule has 1 spiro atoms. The van der Waals surface area contributed by atoms with Gasteiger partial charge in [0.05, 0.1) is 19.3 Å². The highest BCUT2D eigenvalue weighted by Gasteiger charge is 2.78. The van der Waals surface area contributed by atoms with Crippen molar-refractivity contribution in [2.45, 2.75) is 88.0 Å². The van der Waals surface area contributed by atoms with E-state index in [2.05, 4.69) is 37.0 Å². The van der Waals surface area contributed by atoms with E-state index in [4.69, 9.17) is 14.2 Å². The molecule has 3 N–H and O–H groups in total. The molecule has 36 heavy (non-hydrogen) atoms. The van der Waals surface area contributed by atoms with Crippen molar-refractivity contribution in [3.63, 3.8) is 0 Å². The average Bonchev–Trinajstić information content (AvgIpc) is 3.42. The van der Waals surface area contributed by atoms with Crippen LogP contribution in [0.25, 0.3) is 10.9 Å². The molecule has 1 unspecified atom stereocenters. The van der Waals surface area contributed by atoms with Crippen molar-refractivity contribution < 1.29 is 29.2 Å². The van der Waals surface area contributed by atoms with Crippen LogP contribution in [-0.4, -0.2) is 63.4 Å². The number of para-hydroxylation sites is 1. The molecule has 0 amide bonds. The number of aromatic amines is 1. The maximum Gasteiger partial charge on any atom is 0.195 e. The SMILES string of the molecule is CC1(C)O[C@@]23CCC4(C)[C@@]5(C)c6[nH]c7ccccc7c6C[C@@H]5C[C@H](OCCO)[C@@]4(O)C2=CC(=O)[C@@H]1O3. The number of rotatable bonds is 3. The van der Waals surface area contributed by atoms with E-state index in [1.807, 2.05) is 19.9 Å². The Kier molecular flexibility index (Phi) is 4.42. The van der Waals surface area contributed by atoms with Gasteiger partial charge in [-0.2, -0.15) is 0 Å². The van der Waals surface area contributed by atoms with Crippen LogP contribution in [0.2, 0.25) is 0 Å². The molecule has 7 nitrogen and oxygen atoms in total. The van der Waals surface area contributed by atoms with E-state index < -0.39 is 40.0 Å². The van der Waals surface area contributed by atoms with Crippen molar-refractivity contribution in [1.29, 1.82) is 0 Å². The molecular formula is C29H35NO6. The van der Waals surface area contributed by atoms with Crippen molar-refractivity contribution in [2.75, 3.05) is 13.2 Å². The van der Waals surface area contributed by atoms with Gasteiger partial charge in [-0.05, 0) is 56.7 Å². The Hall–Kier alpha value is -2.03. The van der Waals surface area contributed by atoms with Crippen LogP contribution in [0, 0.1) is 11.3 Å². The average molecular weight is 494 g/mol. The lowest BCUT2D eigenvalue weighted by atomic mass is 9.41. The summed E-state index contributed by atoms with van der Waals surface area (Å²) in [5.74, 6) is -1.09. The monoisotopic (exact) mass is 493 g/mol. The van der Waals surface area contributed by atoms with Gasteiger partial charge in [-0.1, -0.05) is 32.0 Å². The third-order valence-electron chi connectivity index (χ3n) is 10.6. The van der Waals surface area contributed by atoms with E-state index in [0.717, 1.165) is 11.9 Å². The number of aliphatic hydroxyl groups is 2. The predicted octanol–water partition coefficient (Wildman–Crippen LogP) is 3.31. The second-order valence-corrected chi connectivity index (χ2v) is 12.5. The number of hydrogen-bond acceptors (Lipinski definition) is 6. The first-order valence-corrected chi connectivity index (χ1v) is 13.2. The van der Waals surface area contributed by atoms with Crippen LogP contribution in [0.3, 0.4) is 0 Å². The van der Waals surface area contributed by atoms with Crippen LogP contribution in [-0.2, 0) is 30.8 Å². The largest absolute Gasteiger partial charge is 0.394 e. The molecule has 3 fully saturated rings. The Morgan fingerprint density at radius 3 is 2.72 bits per heavy atom. The lowest BCUT2D eigenvalue weighted by molar-refractivity contribution is -0.281. The first-order chi connectivity index (χ1) is 17.0. The maximum absolute atomic E-state index is 13.3. The molecule has 1 aromatic carbocycles. The minimum atomic E-state index is -1.52. The van der Waals surface area contributed by atoms with E-state index in [1.54, 1.807) is 6.08 Å². The fourth-order valence-electron chi connectivity index (χ4n) is 8.78. The number of nitrogens with one attached hydrogen (secondary N) is 1. The van der Waals surface area contributed by atoms with E-state index >= 15 is 0 Å². The zero-order chi connectivity index (χ0) is 25.3. The van der Waals surface area contributed by atoms with E-state index in [0.29, 0.717) is 24.8 Å². The number of H-pyrrole nitrogens is 1. The van der Waals surface area contributed by atoms with Gasteiger partial charge in [0, 0.05) is 39.4 Å². The number of aliphatic hydroxyl groups excluding tert-OH is 1. The van der Waals surface area contributed by atoms with Gasteiger partial charge < -0.3 is 29.4 Å². The Balaban J connectivity index is 1.45. The number of fused-ring (bicyclic) bond motifs is 9. The summed E-state index contributed by atoms with van der Waals surface area (Å²) in [5.41, 5.74) is 0.700. The van der Waals surface area contributed by atoms with E-state index in [9.17, 15) is 15.0 Å². The van der Waals surface area contributed by atoms with Crippen LogP contribution < -0.4 is 0 Å². The standard InChI is InChI=1S/C29H35NO6/c1-25(2)24-20(32)15-21-28(35-24,36-25)10-9-26(3)27(4)16(14-22(29(21,26)33)34-12-11-31)13-18-17-7-5-6-8-19(17)30-23(18)27/h5-8,15-16,22,24,30-31,33H,9-14H2,1-4H3/t16-,22+,24+,26?,27-,28+,29+/m1/s1. The number of ether oxygens (including phenoxy) is 3. The summed E-state index contributed by atoms with van der Waals surface area (Å²) in [5, 5.41) is 23.9. The van der Waals surface area contributed by atoms with Crippen molar-refractivity contribution in [3.05, 3.63) is 47.2 Å². The second kappa shape index (κ2) is 6.88. The summed E-state index contributed by atoms with van der Waals surface area (Å²) in [7, 11) is 0. The maximum atomic E-state index is 13.3. The lowest BCUT2D eigenvalue weighted by Gasteiger charge is -2.67. The molecule has 3 heterocycles. The number of ketones is 1. The summed E-state index contributed by atoms with van der Waals surface area (Å²) in [4.78, 5) is 17.0. The smallest absolute Gasteiger partial charge is 0.195 e. The second-order valence-electron chi connectivity index (χ2n) is 12.5. The molecule has 2 saturated carbocycles. The summed E-state index contributed by atoms with van der Waals surface area (Å²) < 4.78 is 19.2. The minimum absolute atomic E-state index is 0.116. The summed E-state index contributed by atoms with van der Waals surface area (Å²) in [6.07, 6.45) is 2.99. The molecule has 5 aliphatic rings. The van der Waals surface area contributed by atoms with Gasteiger partial charge in [0.1, 0.15) is 11.2 Å². The summed E-state index contributed by atoms with van der Waals surface area (Å²) in [6.45, 7) is 8.16. The highest BCUT2D eigenvalue weighted by atomic mass is 16.8. The van der Waals surface area contributed by atoms with Gasteiger partial charge in [0.15, 0.2) is 17.7 Å². The van der Waals surface area contributed by atoms with Crippen LogP contribution >= 0.6 is 0 Å². The van der Waals surface area contributed by atoms with Gasteiger partial charge in [-0.3, -0.25) is 4.79 Å². The van der Waals surface area contributed by atoms with Gasteiger partial charge in [0.2, 0.25) is 0 Å². The van der Waals surface area contributed by atoms with Gasteiger partial charge in [-0.15, -0.1) is 0 Å². The normalized spacial score (nSPS) is 44.1. The van der Waals surface area contributed by atoms with Crippen LogP contribution in [0.4, 0.5) is 0 Å². The fourth-order valence-corrected chi connectivity index (χ4v) is 8.78. The molecule has 1 aromatic heterocycles. The zero-order valence-electron chi connectivity index (χ0n) is 21.4. The molecule has 7 rings (SSSR count). The van der Waals surface area contributed by atoms with Gasteiger partial charge in [-0.25, -0.2) is 0 Å². The fraction of sp³-hybridized carbons (Fsp3) is 0.621. The Morgan fingerprint density at radius 2 is 1.94 bits per heavy atom. The molecule has 0 radical (unpaired) electrons. The molecule has 192 valence electrons. The van der Waals surface area contributed by atoms with Crippen molar-refractivity contribution in [2.24, 2.45) is 11.3 Å². The minimum Gasteiger partial charge on any atom is -0.394 e. The highest BCUT2D eigenvalue weighted by Crippen LogP contribution is 2.72. The first-order valence-electron chi connectivity index (χ1n) is 13.2. The number of benzene rings is 1. The highest BCUT2D eigenvalue weighted by molar-refractivity contribution is 5.97.